The zero-order valence-electron chi connectivity index (χ0n) is 12.5. The molecule has 5 heteroatoms. The SMILES string of the molecule is CCCC(CCC)Nc1cc(-n2cnnn2)ccc1C. The van der Waals surface area contributed by atoms with Crippen molar-refractivity contribution in [2.45, 2.75) is 52.5 Å². The van der Waals surface area contributed by atoms with Crippen LogP contribution in [0, 0.1) is 6.92 Å². The Hall–Kier alpha value is -1.91. The molecule has 20 heavy (non-hydrogen) atoms. The molecule has 0 unspecified atom stereocenters. The van der Waals surface area contributed by atoms with Gasteiger partial charge < -0.3 is 5.32 Å². The van der Waals surface area contributed by atoms with Crippen LogP contribution >= 0.6 is 0 Å². The minimum absolute atomic E-state index is 0.535. The van der Waals surface area contributed by atoms with Gasteiger partial charge in [0, 0.05) is 11.7 Å². The van der Waals surface area contributed by atoms with Crippen molar-refractivity contribution in [3.8, 4) is 5.69 Å². The Balaban J connectivity index is 2.19. The molecule has 1 heterocycles. The highest BCUT2D eigenvalue weighted by Crippen LogP contribution is 2.22. The summed E-state index contributed by atoms with van der Waals surface area (Å²) in [5.41, 5.74) is 3.40. The summed E-state index contributed by atoms with van der Waals surface area (Å²) in [5, 5.41) is 15.0. The van der Waals surface area contributed by atoms with Crippen LogP contribution in [0.15, 0.2) is 24.5 Å². The molecule has 1 aromatic carbocycles. The molecule has 2 aromatic rings. The quantitative estimate of drug-likeness (QED) is 0.840. The Labute approximate surface area is 120 Å². The molecule has 1 N–H and O–H groups in total. The van der Waals surface area contributed by atoms with E-state index in [1.165, 1.54) is 36.9 Å². The van der Waals surface area contributed by atoms with E-state index in [2.05, 4.69) is 53.7 Å². The van der Waals surface area contributed by atoms with Gasteiger partial charge >= 0.3 is 0 Å². The van der Waals surface area contributed by atoms with E-state index in [0.29, 0.717) is 6.04 Å². The molecular formula is C15H23N5. The molecule has 0 radical (unpaired) electrons. The molecular weight excluding hydrogens is 250 g/mol. The maximum atomic E-state index is 3.94. The predicted molar refractivity (Wildman–Crippen MR) is 81.1 cm³/mol. The van der Waals surface area contributed by atoms with Gasteiger partial charge in [0.1, 0.15) is 6.33 Å². The summed E-state index contributed by atoms with van der Waals surface area (Å²) in [5.74, 6) is 0. The van der Waals surface area contributed by atoms with Crippen LogP contribution in [0.25, 0.3) is 5.69 Å². The summed E-state index contributed by atoms with van der Waals surface area (Å²) >= 11 is 0. The lowest BCUT2D eigenvalue weighted by Crippen LogP contribution is -2.19. The average molecular weight is 273 g/mol. The highest BCUT2D eigenvalue weighted by Gasteiger charge is 2.09. The first-order chi connectivity index (χ1) is 9.74. The van der Waals surface area contributed by atoms with Crippen molar-refractivity contribution in [1.82, 2.24) is 20.2 Å². The summed E-state index contributed by atoms with van der Waals surface area (Å²) < 4.78 is 1.68. The Kier molecular flexibility index (Phi) is 5.09. The number of aryl methyl sites for hydroxylation is 1. The Bertz CT molecular complexity index is 515. The number of tetrazole rings is 1. The first kappa shape index (κ1) is 14.5. The number of aromatic nitrogens is 4. The van der Waals surface area contributed by atoms with Crippen LogP contribution in [0.3, 0.4) is 0 Å². The molecule has 0 bridgehead atoms. The number of nitrogens with one attached hydrogen (secondary N) is 1. The molecule has 108 valence electrons. The largest absolute Gasteiger partial charge is 0.382 e. The number of hydrogen-bond donors (Lipinski definition) is 1. The second-order valence-corrected chi connectivity index (χ2v) is 5.17. The summed E-state index contributed by atoms with van der Waals surface area (Å²) in [4.78, 5) is 0. The van der Waals surface area contributed by atoms with Gasteiger partial charge in [-0.3, -0.25) is 0 Å². The van der Waals surface area contributed by atoms with Crippen molar-refractivity contribution in [3.63, 3.8) is 0 Å². The van der Waals surface area contributed by atoms with Crippen molar-refractivity contribution < 1.29 is 0 Å². The van der Waals surface area contributed by atoms with Crippen LogP contribution < -0.4 is 5.32 Å². The highest BCUT2D eigenvalue weighted by molar-refractivity contribution is 5.57. The molecule has 1 aromatic heterocycles. The van der Waals surface area contributed by atoms with E-state index in [-0.39, 0.29) is 0 Å². The first-order valence-corrected chi connectivity index (χ1v) is 7.35. The summed E-state index contributed by atoms with van der Waals surface area (Å²) in [6.45, 7) is 6.59. The van der Waals surface area contributed by atoms with E-state index >= 15 is 0 Å². The van der Waals surface area contributed by atoms with Gasteiger partial charge in [0.25, 0.3) is 0 Å². The molecule has 0 atom stereocenters. The monoisotopic (exact) mass is 273 g/mol. The molecule has 0 saturated heterocycles. The van der Waals surface area contributed by atoms with Crippen molar-refractivity contribution >= 4 is 5.69 Å². The van der Waals surface area contributed by atoms with E-state index in [1.54, 1.807) is 11.0 Å². The third-order valence-electron chi connectivity index (χ3n) is 3.47. The van der Waals surface area contributed by atoms with Gasteiger partial charge in [-0.05, 0) is 47.9 Å². The maximum Gasteiger partial charge on any atom is 0.143 e. The maximum absolute atomic E-state index is 3.94. The van der Waals surface area contributed by atoms with E-state index in [1.807, 2.05) is 6.07 Å². The molecule has 0 spiro atoms. The molecule has 0 aliphatic rings. The molecule has 5 nitrogen and oxygen atoms in total. The minimum Gasteiger partial charge on any atom is -0.382 e. The first-order valence-electron chi connectivity index (χ1n) is 7.35. The standard InChI is InChI=1S/C15H23N5/c1-4-6-13(7-5-2)17-15-10-14(9-8-12(15)3)20-11-16-18-19-20/h8-11,13,17H,4-7H2,1-3H3. The van der Waals surface area contributed by atoms with Crippen LogP contribution in [0.2, 0.25) is 0 Å². The van der Waals surface area contributed by atoms with Crippen LogP contribution in [-0.2, 0) is 0 Å². The molecule has 0 amide bonds. The van der Waals surface area contributed by atoms with Gasteiger partial charge in [0.2, 0.25) is 0 Å². The lowest BCUT2D eigenvalue weighted by molar-refractivity contribution is 0.586. The van der Waals surface area contributed by atoms with E-state index in [9.17, 15) is 0 Å². The Morgan fingerprint density at radius 3 is 2.55 bits per heavy atom. The molecule has 2 rings (SSSR count). The fourth-order valence-electron chi connectivity index (χ4n) is 2.39. The Morgan fingerprint density at radius 1 is 1.20 bits per heavy atom. The fraction of sp³-hybridized carbons (Fsp3) is 0.533. The second-order valence-electron chi connectivity index (χ2n) is 5.17. The lowest BCUT2D eigenvalue weighted by Gasteiger charge is -2.20. The second kappa shape index (κ2) is 7.03. The number of hydrogen-bond acceptors (Lipinski definition) is 4. The van der Waals surface area contributed by atoms with Crippen LogP contribution in [-0.4, -0.2) is 26.2 Å². The molecule has 0 aliphatic carbocycles. The summed E-state index contributed by atoms with van der Waals surface area (Å²) in [6, 6.07) is 6.79. The predicted octanol–water partition coefficient (Wildman–Crippen LogP) is 3.35. The molecule has 0 aliphatic heterocycles. The van der Waals surface area contributed by atoms with Gasteiger partial charge in [-0.1, -0.05) is 32.8 Å². The third-order valence-corrected chi connectivity index (χ3v) is 3.47. The molecule has 0 saturated carbocycles. The van der Waals surface area contributed by atoms with Crippen LogP contribution in [0.4, 0.5) is 5.69 Å². The summed E-state index contributed by atoms with van der Waals surface area (Å²) in [7, 11) is 0. The highest BCUT2D eigenvalue weighted by atomic mass is 15.5. The smallest absolute Gasteiger partial charge is 0.143 e. The van der Waals surface area contributed by atoms with Crippen LogP contribution in [0.5, 0.6) is 0 Å². The van der Waals surface area contributed by atoms with Gasteiger partial charge in [0.15, 0.2) is 0 Å². The van der Waals surface area contributed by atoms with Crippen molar-refractivity contribution in [3.05, 3.63) is 30.1 Å². The Morgan fingerprint density at radius 2 is 1.95 bits per heavy atom. The van der Waals surface area contributed by atoms with Crippen molar-refractivity contribution in [2.75, 3.05) is 5.32 Å². The van der Waals surface area contributed by atoms with Gasteiger partial charge in [0.05, 0.1) is 5.69 Å². The van der Waals surface area contributed by atoms with Crippen molar-refractivity contribution in [2.24, 2.45) is 0 Å². The number of benzene rings is 1. The van der Waals surface area contributed by atoms with E-state index in [4.69, 9.17) is 0 Å². The van der Waals surface area contributed by atoms with Crippen LogP contribution in [0.1, 0.15) is 45.1 Å². The fourth-order valence-corrected chi connectivity index (χ4v) is 2.39. The van der Waals surface area contributed by atoms with Crippen molar-refractivity contribution in [1.29, 1.82) is 0 Å². The summed E-state index contributed by atoms with van der Waals surface area (Å²) in [6.07, 6.45) is 6.40. The average Bonchev–Trinajstić information content (AvgIpc) is 2.96. The molecule has 0 fully saturated rings. The normalized spacial score (nSPS) is 11.0. The van der Waals surface area contributed by atoms with E-state index < -0.39 is 0 Å². The zero-order chi connectivity index (χ0) is 14.4. The minimum atomic E-state index is 0.535. The van der Waals surface area contributed by atoms with Gasteiger partial charge in [-0.15, -0.1) is 5.10 Å². The number of anilines is 1. The lowest BCUT2D eigenvalue weighted by atomic mass is 10.1. The number of rotatable bonds is 7. The third kappa shape index (κ3) is 3.56. The number of nitrogens with zero attached hydrogens (tertiary/aromatic N) is 4. The van der Waals surface area contributed by atoms with Gasteiger partial charge in [-0.2, -0.15) is 0 Å². The topological polar surface area (TPSA) is 55.6 Å². The zero-order valence-corrected chi connectivity index (χ0v) is 12.5. The van der Waals surface area contributed by atoms with Gasteiger partial charge in [-0.25, -0.2) is 4.68 Å². The van der Waals surface area contributed by atoms with E-state index in [0.717, 1.165) is 5.69 Å².